The van der Waals surface area contributed by atoms with Gasteiger partial charge in [0.05, 0.1) is 5.92 Å². The highest BCUT2D eigenvalue weighted by molar-refractivity contribution is 5.75. The van der Waals surface area contributed by atoms with E-state index in [-0.39, 0.29) is 28.6 Å². The van der Waals surface area contributed by atoms with Gasteiger partial charge in [0.2, 0.25) is 6.29 Å². The third kappa shape index (κ3) is 1.61. The molecule has 4 heteroatoms. The lowest BCUT2D eigenvalue weighted by Gasteiger charge is -2.65. The second-order valence-electron chi connectivity index (χ2n) is 10.1. The lowest BCUT2D eigenvalue weighted by molar-refractivity contribution is -0.241. The first kappa shape index (κ1) is 15.6. The smallest absolute Gasteiger partial charge is 0.311 e. The minimum Gasteiger partial charge on any atom is -0.435 e. The number of aliphatic hydroxyl groups is 1. The van der Waals surface area contributed by atoms with Crippen molar-refractivity contribution in [3.05, 3.63) is 0 Å². The fourth-order valence-corrected chi connectivity index (χ4v) is 8.19. The molecule has 4 nitrogen and oxygen atoms in total. The Balaban J connectivity index is 1.61. The summed E-state index contributed by atoms with van der Waals surface area (Å²) in [4.78, 5) is 12.3. The van der Waals surface area contributed by atoms with Gasteiger partial charge < -0.3 is 14.6 Å². The molecule has 1 N–H and O–H groups in total. The Morgan fingerprint density at radius 3 is 2.62 bits per heavy atom. The Morgan fingerprint density at radius 1 is 1.04 bits per heavy atom. The molecule has 2 unspecified atom stereocenters. The van der Waals surface area contributed by atoms with Crippen molar-refractivity contribution >= 4 is 5.97 Å². The highest BCUT2D eigenvalue weighted by atomic mass is 16.8. The van der Waals surface area contributed by atoms with Crippen LogP contribution in [0, 0.1) is 39.9 Å². The summed E-state index contributed by atoms with van der Waals surface area (Å²) in [5, 5.41) is 10.9. The molecule has 0 aromatic carbocycles. The first-order chi connectivity index (χ1) is 11.3. The fraction of sp³-hybridized carbons (Fsp3) is 0.950. The van der Waals surface area contributed by atoms with Crippen LogP contribution in [0.3, 0.4) is 0 Å². The van der Waals surface area contributed by atoms with E-state index in [1.807, 2.05) is 0 Å². The molecule has 3 aliphatic carbocycles. The number of rotatable bonds is 0. The highest BCUT2D eigenvalue weighted by Gasteiger charge is 2.74. The Hall–Kier alpha value is -0.610. The molecule has 134 valence electrons. The lowest BCUT2D eigenvalue weighted by atomic mass is 9.38. The molecule has 5 aliphatic rings. The fourth-order valence-electron chi connectivity index (χ4n) is 8.19. The van der Waals surface area contributed by atoms with Crippen molar-refractivity contribution in [1.29, 1.82) is 0 Å². The van der Waals surface area contributed by atoms with Crippen molar-refractivity contribution in [2.75, 3.05) is 0 Å². The van der Waals surface area contributed by atoms with Gasteiger partial charge in [-0.25, -0.2) is 0 Å². The van der Waals surface area contributed by atoms with Crippen molar-refractivity contribution in [1.82, 2.24) is 0 Å². The Labute approximate surface area is 144 Å². The van der Waals surface area contributed by atoms with Crippen molar-refractivity contribution in [3.63, 3.8) is 0 Å². The zero-order chi connectivity index (χ0) is 16.9. The van der Waals surface area contributed by atoms with Crippen LogP contribution in [0.5, 0.6) is 0 Å². The Morgan fingerprint density at radius 2 is 1.83 bits per heavy atom. The van der Waals surface area contributed by atoms with Crippen LogP contribution in [0.1, 0.15) is 65.7 Å². The molecule has 24 heavy (non-hydrogen) atoms. The van der Waals surface area contributed by atoms with Crippen molar-refractivity contribution in [2.45, 2.75) is 78.3 Å². The maximum absolute atomic E-state index is 12.3. The summed E-state index contributed by atoms with van der Waals surface area (Å²) in [5.74, 6) is 1.07. The third-order valence-corrected chi connectivity index (χ3v) is 8.96. The molecule has 2 heterocycles. The van der Waals surface area contributed by atoms with E-state index in [1.54, 1.807) is 0 Å². The molecule has 0 amide bonds. The minimum absolute atomic E-state index is 0.0554. The van der Waals surface area contributed by atoms with Gasteiger partial charge >= 0.3 is 5.97 Å². The zero-order valence-corrected chi connectivity index (χ0v) is 15.1. The average Bonchev–Trinajstić information content (AvgIpc) is 2.96. The van der Waals surface area contributed by atoms with E-state index in [1.165, 1.54) is 19.3 Å². The summed E-state index contributed by atoms with van der Waals surface area (Å²) >= 11 is 0. The molecule has 2 aliphatic heterocycles. The molecule has 0 bridgehead atoms. The quantitative estimate of drug-likeness (QED) is 0.689. The highest BCUT2D eigenvalue weighted by Crippen LogP contribution is 2.73. The minimum atomic E-state index is -0.767. The molecule has 0 aromatic heterocycles. The number of fused-ring (bicyclic) bond motifs is 2. The van der Waals surface area contributed by atoms with E-state index in [0.29, 0.717) is 17.3 Å². The van der Waals surface area contributed by atoms with Crippen LogP contribution < -0.4 is 0 Å². The van der Waals surface area contributed by atoms with Crippen LogP contribution in [-0.2, 0) is 14.3 Å². The second-order valence-corrected chi connectivity index (χ2v) is 10.1. The number of carbonyl (C=O) groups is 1. The molecular weight excluding hydrogens is 304 g/mol. The number of hydrogen-bond acceptors (Lipinski definition) is 4. The van der Waals surface area contributed by atoms with Gasteiger partial charge in [-0.2, -0.15) is 0 Å². The Bertz CT molecular complexity index is 586. The van der Waals surface area contributed by atoms with Gasteiger partial charge in [-0.1, -0.05) is 27.2 Å². The van der Waals surface area contributed by atoms with Gasteiger partial charge in [-0.05, 0) is 61.2 Å². The van der Waals surface area contributed by atoms with Gasteiger partial charge in [-0.15, -0.1) is 0 Å². The van der Waals surface area contributed by atoms with Crippen LogP contribution in [0.2, 0.25) is 0 Å². The standard InChI is InChI=1S/C20H30O4/c1-18(2)8-4-9-19(3)12(18)7-10-20-13(19)6-5-11-14(20)16(23-15(11)21)24-17(20)22/h11-14,16-17,22H,4-10H2,1-3H3/t11-,12?,13?,14+,16+,17-,19+,20+/m1/s1. The van der Waals surface area contributed by atoms with Crippen LogP contribution >= 0.6 is 0 Å². The first-order valence-corrected chi connectivity index (χ1v) is 9.85. The van der Waals surface area contributed by atoms with Crippen molar-refractivity contribution in [2.24, 2.45) is 39.9 Å². The molecule has 0 aromatic rings. The molecular formula is C20H30O4. The van der Waals surface area contributed by atoms with Crippen molar-refractivity contribution < 1.29 is 19.4 Å². The van der Waals surface area contributed by atoms with Crippen LogP contribution in [0.4, 0.5) is 0 Å². The molecule has 5 fully saturated rings. The van der Waals surface area contributed by atoms with Crippen LogP contribution in [0.15, 0.2) is 0 Å². The predicted octanol–water partition coefficient (Wildman–Crippen LogP) is 3.47. The lowest BCUT2D eigenvalue weighted by Crippen LogP contribution is -2.62. The van der Waals surface area contributed by atoms with E-state index in [2.05, 4.69) is 20.8 Å². The molecule has 1 spiro atoms. The summed E-state index contributed by atoms with van der Waals surface area (Å²) < 4.78 is 11.3. The summed E-state index contributed by atoms with van der Waals surface area (Å²) in [6, 6.07) is 0. The molecule has 2 saturated heterocycles. The molecule has 3 saturated carbocycles. The number of carbonyl (C=O) groups excluding carboxylic acids is 1. The third-order valence-electron chi connectivity index (χ3n) is 8.96. The molecule has 5 rings (SSSR count). The SMILES string of the molecule is CC1(C)CCC[C@@]2(C)C1CC[C@@]13C2CC[C@H]2C(=O)O[C@@H](O[C@H]1O)[C@H]23. The summed E-state index contributed by atoms with van der Waals surface area (Å²) in [6.45, 7) is 7.35. The summed E-state index contributed by atoms with van der Waals surface area (Å²) in [5.41, 5.74) is 0.353. The summed E-state index contributed by atoms with van der Waals surface area (Å²) in [6.07, 6.45) is 6.63. The number of esters is 1. The first-order valence-electron chi connectivity index (χ1n) is 9.85. The normalized spacial score (nSPS) is 57.8. The largest absolute Gasteiger partial charge is 0.435 e. The van der Waals surface area contributed by atoms with E-state index in [4.69, 9.17) is 9.47 Å². The van der Waals surface area contributed by atoms with Gasteiger partial charge in [0.15, 0.2) is 6.29 Å². The monoisotopic (exact) mass is 334 g/mol. The van der Waals surface area contributed by atoms with Gasteiger partial charge in [0.1, 0.15) is 0 Å². The van der Waals surface area contributed by atoms with E-state index in [9.17, 15) is 9.90 Å². The summed E-state index contributed by atoms with van der Waals surface area (Å²) in [7, 11) is 0. The van der Waals surface area contributed by atoms with E-state index >= 15 is 0 Å². The van der Waals surface area contributed by atoms with E-state index < -0.39 is 12.6 Å². The number of aliphatic hydroxyl groups excluding tert-OH is 1. The molecule has 0 radical (unpaired) electrons. The maximum Gasteiger partial charge on any atom is 0.311 e. The van der Waals surface area contributed by atoms with Crippen molar-refractivity contribution in [3.8, 4) is 0 Å². The van der Waals surface area contributed by atoms with Crippen LogP contribution in [-0.4, -0.2) is 23.7 Å². The van der Waals surface area contributed by atoms with Crippen LogP contribution in [0.25, 0.3) is 0 Å². The van der Waals surface area contributed by atoms with E-state index in [0.717, 1.165) is 25.7 Å². The topological polar surface area (TPSA) is 55.8 Å². The molecule has 8 atom stereocenters. The Kier molecular flexibility index (Phi) is 2.97. The predicted molar refractivity (Wildman–Crippen MR) is 87.6 cm³/mol. The van der Waals surface area contributed by atoms with Gasteiger partial charge in [-0.3, -0.25) is 4.79 Å². The van der Waals surface area contributed by atoms with Gasteiger partial charge in [0.25, 0.3) is 0 Å². The number of hydrogen-bond donors (Lipinski definition) is 1. The average molecular weight is 334 g/mol. The number of ether oxygens (including phenoxy) is 2. The second kappa shape index (κ2) is 4.56. The van der Waals surface area contributed by atoms with Gasteiger partial charge in [0, 0.05) is 11.3 Å². The maximum atomic E-state index is 12.3. The zero-order valence-electron chi connectivity index (χ0n) is 15.1.